The van der Waals surface area contributed by atoms with Gasteiger partial charge in [-0.25, -0.2) is 4.98 Å². The van der Waals surface area contributed by atoms with Crippen LogP contribution in [0.15, 0.2) is 53.9 Å². The first-order valence-corrected chi connectivity index (χ1v) is 9.77. The van der Waals surface area contributed by atoms with Gasteiger partial charge in [0.05, 0.1) is 17.3 Å². The minimum absolute atomic E-state index is 0.236. The lowest BCUT2D eigenvalue weighted by atomic mass is 10.2. The van der Waals surface area contributed by atoms with Crippen LogP contribution in [-0.4, -0.2) is 18.0 Å². The van der Waals surface area contributed by atoms with Crippen LogP contribution in [-0.2, 0) is 6.42 Å². The zero-order valence-electron chi connectivity index (χ0n) is 15.3. The van der Waals surface area contributed by atoms with Crippen molar-refractivity contribution >= 4 is 11.3 Å². The van der Waals surface area contributed by atoms with Crippen molar-refractivity contribution < 1.29 is 22.6 Å². The molecule has 0 bridgehead atoms. The zero-order valence-corrected chi connectivity index (χ0v) is 16.1. The van der Waals surface area contributed by atoms with Crippen LogP contribution in [0.5, 0.6) is 11.5 Å². The maximum Gasteiger partial charge on any atom is 0.573 e. The van der Waals surface area contributed by atoms with Crippen LogP contribution in [0.3, 0.4) is 0 Å². The van der Waals surface area contributed by atoms with Gasteiger partial charge in [-0.1, -0.05) is 12.1 Å². The summed E-state index contributed by atoms with van der Waals surface area (Å²) in [6.45, 7) is 2.69. The first-order chi connectivity index (χ1) is 13.4. The number of alkyl halides is 3. The Kier molecular flexibility index (Phi) is 6.57. The monoisotopic (exact) mass is 407 g/mol. The van der Waals surface area contributed by atoms with E-state index in [0.717, 1.165) is 41.3 Å². The van der Waals surface area contributed by atoms with Crippen LogP contribution in [0.1, 0.15) is 23.4 Å². The summed E-state index contributed by atoms with van der Waals surface area (Å²) in [6, 6.07) is 13.7. The molecule has 0 aliphatic rings. The SMILES string of the molecule is Cc1cccc(OCCCCc2nc(-c3ccc(OC(F)(F)F)cc3)cs2)c1. The highest BCUT2D eigenvalue weighted by atomic mass is 32.1. The maximum absolute atomic E-state index is 12.2. The minimum atomic E-state index is -4.68. The molecule has 0 fully saturated rings. The van der Waals surface area contributed by atoms with Gasteiger partial charge in [-0.3, -0.25) is 0 Å². The van der Waals surface area contributed by atoms with Crippen LogP contribution >= 0.6 is 11.3 Å². The van der Waals surface area contributed by atoms with E-state index in [9.17, 15) is 13.2 Å². The van der Waals surface area contributed by atoms with Crippen molar-refractivity contribution in [1.29, 1.82) is 0 Å². The highest BCUT2D eigenvalue weighted by Crippen LogP contribution is 2.27. The highest BCUT2D eigenvalue weighted by Gasteiger charge is 2.30. The van der Waals surface area contributed by atoms with E-state index in [1.54, 1.807) is 23.5 Å². The van der Waals surface area contributed by atoms with E-state index in [1.807, 2.05) is 36.6 Å². The van der Waals surface area contributed by atoms with E-state index in [4.69, 9.17) is 4.74 Å². The van der Waals surface area contributed by atoms with Crippen LogP contribution in [0, 0.1) is 6.92 Å². The first kappa shape index (κ1) is 20.2. The Bertz CT molecular complexity index is 891. The molecule has 3 nitrogen and oxygen atoms in total. The van der Waals surface area contributed by atoms with Gasteiger partial charge >= 0.3 is 6.36 Å². The number of aryl methyl sites for hydroxylation is 2. The Morgan fingerprint density at radius 1 is 1.00 bits per heavy atom. The molecule has 0 aliphatic heterocycles. The largest absolute Gasteiger partial charge is 0.573 e. The van der Waals surface area contributed by atoms with Gasteiger partial charge < -0.3 is 9.47 Å². The van der Waals surface area contributed by atoms with Crippen molar-refractivity contribution in [2.45, 2.75) is 32.5 Å². The lowest BCUT2D eigenvalue weighted by Crippen LogP contribution is -2.16. The molecule has 0 saturated heterocycles. The average molecular weight is 407 g/mol. The smallest absolute Gasteiger partial charge is 0.494 e. The third kappa shape index (κ3) is 6.27. The second-order valence-corrected chi connectivity index (χ2v) is 7.26. The van der Waals surface area contributed by atoms with Crippen LogP contribution in [0.4, 0.5) is 13.2 Å². The Hall–Kier alpha value is -2.54. The van der Waals surface area contributed by atoms with Crippen molar-refractivity contribution in [2.24, 2.45) is 0 Å². The van der Waals surface area contributed by atoms with Gasteiger partial charge in [0, 0.05) is 10.9 Å². The molecular weight excluding hydrogens is 387 g/mol. The second kappa shape index (κ2) is 9.10. The Labute approximate surface area is 165 Å². The molecule has 0 amide bonds. The van der Waals surface area contributed by atoms with Gasteiger partial charge in [-0.2, -0.15) is 0 Å². The summed E-state index contributed by atoms with van der Waals surface area (Å²) in [4.78, 5) is 4.57. The summed E-state index contributed by atoms with van der Waals surface area (Å²) < 4.78 is 46.3. The van der Waals surface area contributed by atoms with Crippen LogP contribution in [0.25, 0.3) is 11.3 Å². The van der Waals surface area contributed by atoms with Crippen LogP contribution in [0.2, 0.25) is 0 Å². The fraction of sp³-hybridized carbons (Fsp3) is 0.286. The molecule has 3 rings (SSSR count). The van der Waals surface area contributed by atoms with Crippen molar-refractivity contribution in [1.82, 2.24) is 4.98 Å². The summed E-state index contributed by atoms with van der Waals surface area (Å²) in [5.74, 6) is 0.648. The Morgan fingerprint density at radius 3 is 2.50 bits per heavy atom. The van der Waals surface area contributed by atoms with Crippen molar-refractivity contribution in [3.8, 4) is 22.8 Å². The number of rotatable bonds is 8. The molecule has 7 heteroatoms. The van der Waals surface area contributed by atoms with E-state index < -0.39 is 6.36 Å². The van der Waals surface area contributed by atoms with Gasteiger partial charge in [-0.15, -0.1) is 24.5 Å². The van der Waals surface area contributed by atoms with Gasteiger partial charge in [0.1, 0.15) is 11.5 Å². The lowest BCUT2D eigenvalue weighted by Gasteiger charge is -2.08. The molecule has 0 saturated carbocycles. The van der Waals surface area contributed by atoms with Crippen molar-refractivity contribution in [2.75, 3.05) is 6.61 Å². The average Bonchev–Trinajstić information content (AvgIpc) is 3.10. The molecule has 1 aromatic heterocycles. The van der Waals surface area contributed by atoms with Gasteiger partial charge in [0.25, 0.3) is 0 Å². The minimum Gasteiger partial charge on any atom is -0.494 e. The molecule has 0 atom stereocenters. The first-order valence-electron chi connectivity index (χ1n) is 8.89. The van der Waals surface area contributed by atoms with Gasteiger partial charge in [0.2, 0.25) is 0 Å². The lowest BCUT2D eigenvalue weighted by molar-refractivity contribution is -0.274. The number of hydrogen-bond acceptors (Lipinski definition) is 4. The number of ether oxygens (including phenoxy) is 2. The molecule has 0 unspecified atom stereocenters. The molecule has 0 aliphatic carbocycles. The highest BCUT2D eigenvalue weighted by molar-refractivity contribution is 7.09. The standard InChI is InChI=1S/C21H20F3NO2S/c1-15-5-4-6-18(13-15)26-12-3-2-7-20-25-19(14-28-20)16-8-10-17(11-9-16)27-21(22,23)24/h4-6,8-11,13-14H,2-3,7,12H2,1H3. The fourth-order valence-corrected chi connectivity index (χ4v) is 3.51. The maximum atomic E-state index is 12.2. The molecule has 148 valence electrons. The van der Waals surface area contributed by atoms with E-state index >= 15 is 0 Å². The fourth-order valence-electron chi connectivity index (χ4n) is 2.66. The molecule has 3 aromatic rings. The van der Waals surface area contributed by atoms with Gasteiger partial charge in [0.15, 0.2) is 0 Å². The van der Waals surface area contributed by atoms with E-state index in [2.05, 4.69) is 9.72 Å². The van der Waals surface area contributed by atoms with E-state index in [-0.39, 0.29) is 5.75 Å². The third-order valence-electron chi connectivity index (χ3n) is 3.98. The zero-order chi connectivity index (χ0) is 20.0. The molecular formula is C21H20F3NO2S. The summed E-state index contributed by atoms with van der Waals surface area (Å²) in [7, 11) is 0. The summed E-state index contributed by atoms with van der Waals surface area (Å²) in [6.07, 6.45) is -1.96. The number of nitrogens with zero attached hydrogens (tertiary/aromatic N) is 1. The van der Waals surface area contributed by atoms with Crippen molar-refractivity contribution in [3.63, 3.8) is 0 Å². The summed E-state index contributed by atoms with van der Waals surface area (Å²) in [5, 5.41) is 2.92. The number of unbranched alkanes of at least 4 members (excludes halogenated alkanes) is 1. The van der Waals surface area contributed by atoms with E-state index in [1.165, 1.54) is 17.7 Å². The van der Waals surface area contributed by atoms with Crippen LogP contribution < -0.4 is 9.47 Å². The predicted octanol–water partition coefficient (Wildman–Crippen LogP) is 6.42. The topological polar surface area (TPSA) is 31.4 Å². The Balaban J connectivity index is 1.45. The number of thiazole rings is 1. The Morgan fingerprint density at radius 2 is 1.79 bits per heavy atom. The number of hydrogen-bond donors (Lipinski definition) is 0. The number of aromatic nitrogens is 1. The molecule has 28 heavy (non-hydrogen) atoms. The molecule has 0 N–H and O–H groups in total. The summed E-state index contributed by atoms with van der Waals surface area (Å²) in [5.41, 5.74) is 2.69. The molecule has 1 heterocycles. The second-order valence-electron chi connectivity index (χ2n) is 6.32. The third-order valence-corrected chi connectivity index (χ3v) is 4.89. The number of benzene rings is 2. The number of halogens is 3. The quantitative estimate of drug-likeness (QED) is 0.404. The van der Waals surface area contributed by atoms with Crippen molar-refractivity contribution in [3.05, 3.63) is 64.5 Å². The van der Waals surface area contributed by atoms with E-state index in [0.29, 0.717) is 6.61 Å². The normalized spacial score (nSPS) is 11.4. The molecule has 0 radical (unpaired) electrons. The molecule has 0 spiro atoms. The molecule has 2 aromatic carbocycles. The summed E-state index contributed by atoms with van der Waals surface area (Å²) >= 11 is 1.55. The van der Waals surface area contributed by atoms with Gasteiger partial charge in [-0.05, 0) is 68.1 Å². The predicted molar refractivity (Wildman–Crippen MR) is 104 cm³/mol.